The minimum atomic E-state index is -4.31. The number of pyridine rings is 1. The third-order valence-corrected chi connectivity index (χ3v) is 34.7. The molecule has 6 unspecified atom stereocenters. The smallest absolute Gasteiger partial charge is 0.366 e. The van der Waals surface area contributed by atoms with Gasteiger partial charge in [-0.15, -0.1) is 35.3 Å². The number of hydrogen-bond donors (Lipinski definition) is 4. The van der Waals surface area contributed by atoms with E-state index in [4.69, 9.17) is 0 Å². The number of imidazole rings is 1. The number of piperidine rings is 3. The number of nitrogens with zero attached hydrogens (tertiary/aromatic N) is 15. The number of anilines is 5. The maximum atomic E-state index is 15.7. The molecule has 0 bridgehead atoms. The van der Waals surface area contributed by atoms with Gasteiger partial charge in [0.05, 0.1) is 44.9 Å². The summed E-state index contributed by atoms with van der Waals surface area (Å²) in [5.74, 6) is -1.45. The SMILES string of the molecule is CC(C)(C)CCN1C(=O)C(CC(=O)N2CCC(N3CCc4ccccc4NC3=O)CC2)SC1c1cccc(F)c1N1CCN(CC(F)(F)F)CC1.CC(C)(C)CCN1C(=O)C(CC(=O)N2CCC(N3CCc4ccccc4NC3=O)CC2)SC1c1cccc(F)c1N1CCNCC1.CC(C)(C)CCN1C(=O)C(CC(=O)N2CCC(n3c(=O)[nH]c4ncccc43)CC2)SC1c1cccc(F)c1N1CCN(C2CC2)CC1.[HH].[HH].[HH].[HH]. The molecule has 7 aromatic rings. The van der Waals surface area contributed by atoms with Crippen molar-refractivity contribution in [1.29, 1.82) is 0 Å². The molecule has 13 heterocycles. The Kier molecular flexibility index (Phi) is 33.0. The lowest BCUT2D eigenvalue weighted by atomic mass is 9.92. The molecule has 0 spiro atoms. The summed E-state index contributed by atoms with van der Waals surface area (Å²) >= 11 is 4.34. The average Bonchev–Trinajstić information content (AvgIpc) is 1.62. The highest BCUT2D eigenvalue weighted by atomic mass is 32.2. The van der Waals surface area contributed by atoms with Crippen LogP contribution in [0, 0.1) is 33.7 Å². The van der Waals surface area contributed by atoms with Gasteiger partial charge in [0.15, 0.2) is 5.65 Å². The topological polar surface area (TPSA) is 265 Å². The highest BCUT2D eigenvalue weighted by Gasteiger charge is 2.50. The van der Waals surface area contributed by atoms with E-state index in [1.807, 2.05) is 96.1 Å². The Balaban J connectivity index is 0.000000183. The number of carbonyl (C=O) groups is 8. The third-order valence-electron chi connectivity index (χ3n) is 30.3. The molecule has 10 fully saturated rings. The van der Waals surface area contributed by atoms with Gasteiger partial charge in [0, 0.05) is 234 Å². The molecule has 11 aliphatic heterocycles. The number of fused-ring (bicyclic) bond motifs is 3. The molecule has 144 heavy (non-hydrogen) atoms. The third kappa shape index (κ3) is 25.3. The number of para-hydroxylation sites is 5. The first-order chi connectivity index (χ1) is 68.8. The first-order valence-corrected chi connectivity index (χ1v) is 54.6. The van der Waals surface area contributed by atoms with E-state index in [9.17, 15) is 56.3 Å². The number of amides is 10. The van der Waals surface area contributed by atoms with Gasteiger partial charge < -0.3 is 69.8 Å². The molecule has 6 atom stereocenters. The van der Waals surface area contributed by atoms with Crippen molar-refractivity contribution >= 4 is 122 Å². The van der Waals surface area contributed by atoms with Crippen molar-refractivity contribution in [3.63, 3.8) is 0 Å². The molecule has 9 saturated heterocycles. The summed E-state index contributed by atoms with van der Waals surface area (Å²) in [6, 6.07) is 35.1. The molecular formula is C107H149F6N19O9S3. The van der Waals surface area contributed by atoms with Crippen LogP contribution in [0.3, 0.4) is 0 Å². The minimum absolute atomic E-state index is 0. The Morgan fingerprint density at radius 2 is 0.778 bits per heavy atom. The van der Waals surface area contributed by atoms with Gasteiger partial charge in [0.1, 0.15) is 33.6 Å². The number of urea groups is 2. The molecule has 19 rings (SSSR count). The first kappa shape index (κ1) is 105. The first-order valence-electron chi connectivity index (χ1n) is 51.7. The van der Waals surface area contributed by atoms with Crippen LogP contribution < -0.4 is 36.3 Å². The number of H-pyrrole nitrogens is 1. The van der Waals surface area contributed by atoms with Crippen LogP contribution in [0.25, 0.3) is 11.2 Å². The lowest BCUT2D eigenvalue weighted by molar-refractivity contribution is -0.146. The number of likely N-dealkylation sites (tertiary alicyclic amines) is 3. The second-order valence-corrected chi connectivity index (χ2v) is 47.9. The molecule has 37 heteroatoms. The average molecular weight is 2060 g/mol. The fraction of sp³-hybridized carbons (Fsp3) is 0.589. The van der Waals surface area contributed by atoms with Gasteiger partial charge in [-0.05, 0) is 153 Å². The lowest BCUT2D eigenvalue weighted by Gasteiger charge is -2.38. The van der Waals surface area contributed by atoms with E-state index in [1.54, 1.807) is 49.7 Å². The second kappa shape index (κ2) is 45.2. The summed E-state index contributed by atoms with van der Waals surface area (Å²) in [4.78, 5) is 154. The van der Waals surface area contributed by atoms with Gasteiger partial charge in [-0.25, -0.2) is 32.5 Å². The number of piperazine rings is 3. The number of aromatic nitrogens is 3. The molecular weight excluding hydrogens is 1910 g/mol. The Morgan fingerprint density at radius 1 is 0.410 bits per heavy atom. The Labute approximate surface area is 859 Å². The fourth-order valence-corrected chi connectivity index (χ4v) is 26.5. The largest absolute Gasteiger partial charge is 0.401 e. The lowest BCUT2D eigenvalue weighted by Crippen LogP contribution is -2.50. The number of alkyl halides is 3. The van der Waals surface area contributed by atoms with Crippen LogP contribution in [-0.4, -0.2) is 308 Å². The van der Waals surface area contributed by atoms with Crippen molar-refractivity contribution in [2.24, 2.45) is 16.2 Å². The number of carbonyl (C=O) groups excluding carboxylic acids is 8. The van der Waals surface area contributed by atoms with Crippen LogP contribution in [0.2, 0.25) is 0 Å². The van der Waals surface area contributed by atoms with Crippen LogP contribution in [0.4, 0.5) is 64.4 Å². The van der Waals surface area contributed by atoms with E-state index in [0.29, 0.717) is 164 Å². The Hall–Kier alpha value is -10.2. The fourth-order valence-electron chi connectivity index (χ4n) is 22.0. The number of thioether (sulfide) groups is 3. The van der Waals surface area contributed by atoms with Gasteiger partial charge >= 0.3 is 23.9 Å². The summed E-state index contributed by atoms with van der Waals surface area (Å²) in [6.07, 6.45) is 7.96. The number of halogens is 6. The van der Waals surface area contributed by atoms with E-state index >= 15 is 13.2 Å². The monoisotopic (exact) mass is 2050 g/mol. The highest BCUT2D eigenvalue weighted by Crippen LogP contribution is 2.53. The molecule has 1 saturated carbocycles. The van der Waals surface area contributed by atoms with Gasteiger partial charge in [-0.2, -0.15) is 13.2 Å². The van der Waals surface area contributed by atoms with Gasteiger partial charge in [-0.3, -0.25) is 48.1 Å². The summed E-state index contributed by atoms with van der Waals surface area (Å²) in [6.45, 7) is 31.1. The molecule has 4 N–H and O–H groups in total. The summed E-state index contributed by atoms with van der Waals surface area (Å²) in [7, 11) is 0. The zero-order valence-corrected chi connectivity index (χ0v) is 86.9. The molecule has 5 aromatic carbocycles. The Morgan fingerprint density at radius 3 is 1.15 bits per heavy atom. The van der Waals surface area contributed by atoms with Crippen LogP contribution >= 0.6 is 35.3 Å². The van der Waals surface area contributed by atoms with Crippen molar-refractivity contribution in [1.82, 2.24) is 68.9 Å². The molecule has 10 amide bonds. The molecule has 786 valence electrons. The zero-order valence-electron chi connectivity index (χ0n) is 84.5. The van der Waals surface area contributed by atoms with Gasteiger partial charge in [-0.1, -0.05) is 135 Å². The van der Waals surface area contributed by atoms with Crippen molar-refractivity contribution in [3.05, 3.63) is 177 Å². The van der Waals surface area contributed by atoms with E-state index in [1.165, 1.54) is 71.2 Å². The maximum Gasteiger partial charge on any atom is 0.401 e. The zero-order chi connectivity index (χ0) is 102. The normalized spacial score (nSPS) is 23.0. The van der Waals surface area contributed by atoms with E-state index < -0.39 is 39.7 Å². The van der Waals surface area contributed by atoms with Crippen LogP contribution in [-0.2, 0) is 41.6 Å². The van der Waals surface area contributed by atoms with E-state index in [2.05, 4.69) is 109 Å². The predicted molar refractivity (Wildman–Crippen MR) is 564 cm³/mol. The quantitative estimate of drug-likeness (QED) is 0.0434. The maximum absolute atomic E-state index is 15.7. The Bertz CT molecular complexity index is 5830. The number of hydrogen-bond acceptors (Lipinski definition) is 19. The van der Waals surface area contributed by atoms with Crippen LogP contribution in [0.1, 0.15) is 208 Å². The van der Waals surface area contributed by atoms with E-state index in [-0.39, 0.29) is 161 Å². The number of rotatable bonds is 23. The van der Waals surface area contributed by atoms with Crippen molar-refractivity contribution in [3.8, 4) is 0 Å². The van der Waals surface area contributed by atoms with E-state index in [0.717, 1.165) is 104 Å². The molecule has 2 aromatic heterocycles. The molecule has 0 radical (unpaired) electrons. The van der Waals surface area contributed by atoms with Gasteiger partial charge in [0.25, 0.3) is 0 Å². The summed E-state index contributed by atoms with van der Waals surface area (Å²) in [5, 5.41) is 6.45. The van der Waals surface area contributed by atoms with Crippen LogP contribution in [0.15, 0.2) is 126 Å². The second-order valence-electron chi connectivity index (χ2n) is 44.0. The number of nitrogens with one attached hydrogen (secondary N) is 4. The molecule has 28 nitrogen and oxygen atoms in total. The molecule has 1 aliphatic carbocycles. The van der Waals surface area contributed by atoms with Gasteiger partial charge in [0.2, 0.25) is 35.4 Å². The summed E-state index contributed by atoms with van der Waals surface area (Å²) in [5.41, 5.74) is 8.77. The minimum Gasteiger partial charge on any atom is -0.366 e. The number of aromatic amines is 1. The van der Waals surface area contributed by atoms with Crippen LogP contribution in [0.5, 0.6) is 0 Å². The standard InChI is InChI=1S/C37H48F4N6O3S.C35H46FN7O3S.C35H47FN6O3S.4H2/c1-36(2,3)14-18-47-33(49)30(51-34(47)27-8-6-9-28(38)32(27)45-21-19-43(20-22-45)24-37(39,40)41)23-31(48)44-15-12-26(13-16-44)46-17-11-25-7-4-5-10-29(25)42-35(46)50;1-35(2,3)13-17-42-32(45)28(22-29(44)40-15-11-24(12-16-40)43-27-8-5-14-37-31(27)38-34(43)46)47-33(42)25-6-4-7-26(36)30(25)41-20-18-39(19-21-41)23-9-10-23;1-35(2,3)14-20-42-32(44)29(46-33(42)26-8-6-9-27(36)31(26)40-21-15-37-16-22-40)23-30(43)39-17-12-25(13-18-39)41-19-11-24-7-4-5-10-28(24)38-34(41)45;;;;/h4-10,26,30,34H,11-24H2,1-3H3,(H,42,50);4-8,14,23-24,28,33H,9-13,15-22H2,1-3H3,(H,37,38,46);4-10,25,29,33,37H,11-23H2,1-3H3,(H,38,45);4*1H. The predicted octanol–water partition coefficient (Wildman–Crippen LogP) is 17.2. The van der Waals surface area contributed by atoms with Crippen molar-refractivity contribution in [2.75, 3.05) is 182 Å². The van der Waals surface area contributed by atoms with Crippen molar-refractivity contribution < 1.29 is 70.4 Å². The summed E-state index contributed by atoms with van der Waals surface area (Å²) < 4.78 is 87.7. The molecule has 12 aliphatic rings. The highest BCUT2D eigenvalue weighted by molar-refractivity contribution is 8.01. The number of benzene rings is 5. The van der Waals surface area contributed by atoms with Crippen molar-refractivity contribution in [2.45, 2.75) is 227 Å².